The highest BCUT2D eigenvalue weighted by atomic mass is 16.1. The molecule has 0 atom stereocenters. The van der Waals surface area contributed by atoms with Crippen LogP contribution < -0.4 is 0 Å². The van der Waals surface area contributed by atoms with Gasteiger partial charge in [0.05, 0.1) is 6.20 Å². The van der Waals surface area contributed by atoms with Gasteiger partial charge in [-0.1, -0.05) is 6.92 Å². The highest BCUT2D eigenvalue weighted by Crippen LogP contribution is 2.04. The van der Waals surface area contributed by atoms with Crippen LogP contribution in [0.2, 0.25) is 0 Å². The summed E-state index contributed by atoms with van der Waals surface area (Å²) in [7, 11) is 0. The zero-order valence-corrected chi connectivity index (χ0v) is 8.99. The SMILES string of the molecule is CCCC(=O)CCc1cnn(CC)c1. The number of aryl methyl sites for hydroxylation is 2. The van der Waals surface area contributed by atoms with Crippen molar-refractivity contribution < 1.29 is 4.79 Å². The van der Waals surface area contributed by atoms with E-state index in [0.29, 0.717) is 18.6 Å². The van der Waals surface area contributed by atoms with Crippen molar-refractivity contribution in [2.45, 2.75) is 46.1 Å². The molecule has 0 N–H and O–H groups in total. The van der Waals surface area contributed by atoms with Crippen molar-refractivity contribution in [2.24, 2.45) is 0 Å². The van der Waals surface area contributed by atoms with Crippen LogP contribution in [-0.4, -0.2) is 15.6 Å². The lowest BCUT2D eigenvalue weighted by Crippen LogP contribution is -1.98. The second-order valence-electron chi connectivity index (χ2n) is 3.49. The number of hydrogen-bond donors (Lipinski definition) is 0. The summed E-state index contributed by atoms with van der Waals surface area (Å²) in [5.41, 5.74) is 1.16. The third-order valence-corrected chi connectivity index (χ3v) is 2.23. The summed E-state index contributed by atoms with van der Waals surface area (Å²) in [6, 6.07) is 0. The maximum absolute atomic E-state index is 11.3. The molecule has 14 heavy (non-hydrogen) atoms. The Balaban J connectivity index is 2.34. The summed E-state index contributed by atoms with van der Waals surface area (Å²) in [6.45, 7) is 4.98. The Morgan fingerprint density at radius 2 is 2.21 bits per heavy atom. The number of carbonyl (C=O) groups is 1. The van der Waals surface area contributed by atoms with E-state index < -0.39 is 0 Å². The average molecular weight is 194 g/mol. The summed E-state index contributed by atoms with van der Waals surface area (Å²) in [5.74, 6) is 0.358. The Labute approximate surface area is 85.1 Å². The smallest absolute Gasteiger partial charge is 0.133 e. The fourth-order valence-electron chi connectivity index (χ4n) is 1.40. The van der Waals surface area contributed by atoms with Gasteiger partial charge in [0, 0.05) is 25.6 Å². The summed E-state index contributed by atoms with van der Waals surface area (Å²) in [6.07, 6.45) is 7.01. The standard InChI is InChI=1S/C11H18N2O/c1-3-5-11(14)7-6-10-8-12-13(4-2)9-10/h8-9H,3-7H2,1-2H3. The first-order valence-corrected chi connectivity index (χ1v) is 5.29. The van der Waals surface area contributed by atoms with Crippen LogP contribution in [0.15, 0.2) is 12.4 Å². The lowest BCUT2D eigenvalue weighted by molar-refractivity contribution is -0.119. The van der Waals surface area contributed by atoms with Crippen molar-refractivity contribution in [1.29, 1.82) is 0 Å². The summed E-state index contributed by atoms with van der Waals surface area (Å²) in [5, 5.41) is 4.16. The number of ketones is 1. The minimum atomic E-state index is 0.358. The van der Waals surface area contributed by atoms with Crippen molar-refractivity contribution in [2.75, 3.05) is 0 Å². The fourth-order valence-corrected chi connectivity index (χ4v) is 1.40. The molecule has 1 aromatic rings. The monoisotopic (exact) mass is 194 g/mol. The van der Waals surface area contributed by atoms with Crippen LogP contribution in [0.4, 0.5) is 0 Å². The number of nitrogens with zero attached hydrogens (tertiary/aromatic N) is 2. The van der Waals surface area contributed by atoms with Crippen LogP contribution in [0.3, 0.4) is 0 Å². The third-order valence-electron chi connectivity index (χ3n) is 2.23. The molecule has 3 nitrogen and oxygen atoms in total. The molecule has 0 radical (unpaired) electrons. The van der Waals surface area contributed by atoms with Gasteiger partial charge in [-0.15, -0.1) is 0 Å². The first kappa shape index (κ1) is 11.0. The van der Waals surface area contributed by atoms with Gasteiger partial charge in [-0.3, -0.25) is 9.48 Å². The van der Waals surface area contributed by atoms with Crippen LogP contribution in [0.1, 0.15) is 38.7 Å². The number of hydrogen-bond acceptors (Lipinski definition) is 2. The molecular weight excluding hydrogens is 176 g/mol. The Kier molecular flexibility index (Phi) is 4.36. The van der Waals surface area contributed by atoms with Gasteiger partial charge in [-0.2, -0.15) is 5.10 Å². The van der Waals surface area contributed by atoms with E-state index in [1.54, 1.807) is 0 Å². The summed E-state index contributed by atoms with van der Waals surface area (Å²) in [4.78, 5) is 11.3. The molecule has 0 bridgehead atoms. The van der Waals surface area contributed by atoms with E-state index in [-0.39, 0.29) is 0 Å². The molecule has 0 saturated heterocycles. The van der Waals surface area contributed by atoms with Gasteiger partial charge in [0.25, 0.3) is 0 Å². The minimum Gasteiger partial charge on any atom is -0.300 e. The quantitative estimate of drug-likeness (QED) is 0.696. The molecule has 0 fully saturated rings. The predicted molar refractivity (Wildman–Crippen MR) is 56.1 cm³/mol. The molecule has 3 heteroatoms. The van der Waals surface area contributed by atoms with E-state index in [4.69, 9.17) is 0 Å². The van der Waals surface area contributed by atoms with E-state index in [9.17, 15) is 4.79 Å². The van der Waals surface area contributed by atoms with Crippen molar-refractivity contribution in [3.05, 3.63) is 18.0 Å². The van der Waals surface area contributed by atoms with Crippen molar-refractivity contribution in [3.8, 4) is 0 Å². The molecule has 0 aliphatic rings. The summed E-state index contributed by atoms with van der Waals surface area (Å²) < 4.78 is 1.89. The molecule has 0 aliphatic carbocycles. The predicted octanol–water partition coefficient (Wildman–Crippen LogP) is 2.20. The topological polar surface area (TPSA) is 34.9 Å². The number of rotatable bonds is 6. The van der Waals surface area contributed by atoms with Crippen LogP contribution in [0.25, 0.3) is 0 Å². The molecule has 1 rings (SSSR count). The highest BCUT2D eigenvalue weighted by Gasteiger charge is 2.02. The van der Waals surface area contributed by atoms with E-state index >= 15 is 0 Å². The Morgan fingerprint density at radius 3 is 2.79 bits per heavy atom. The maximum Gasteiger partial charge on any atom is 0.133 e. The molecular formula is C11H18N2O. The van der Waals surface area contributed by atoms with Crippen molar-refractivity contribution in [1.82, 2.24) is 9.78 Å². The van der Waals surface area contributed by atoms with E-state index in [0.717, 1.165) is 24.9 Å². The Bertz CT molecular complexity index is 291. The Morgan fingerprint density at radius 1 is 1.43 bits per heavy atom. The Hall–Kier alpha value is -1.12. The molecule has 0 aromatic carbocycles. The lowest BCUT2D eigenvalue weighted by atomic mass is 10.1. The number of carbonyl (C=O) groups excluding carboxylic acids is 1. The van der Waals surface area contributed by atoms with E-state index in [2.05, 4.69) is 12.0 Å². The van der Waals surface area contributed by atoms with E-state index in [1.165, 1.54) is 0 Å². The van der Waals surface area contributed by atoms with Crippen LogP contribution in [0, 0.1) is 0 Å². The zero-order chi connectivity index (χ0) is 10.4. The molecule has 0 unspecified atom stereocenters. The van der Waals surface area contributed by atoms with Crippen molar-refractivity contribution >= 4 is 5.78 Å². The van der Waals surface area contributed by atoms with Gasteiger partial charge in [0.15, 0.2) is 0 Å². The summed E-state index contributed by atoms with van der Waals surface area (Å²) >= 11 is 0. The van der Waals surface area contributed by atoms with Crippen LogP contribution in [-0.2, 0) is 17.8 Å². The number of aromatic nitrogens is 2. The van der Waals surface area contributed by atoms with Crippen LogP contribution in [0.5, 0.6) is 0 Å². The third kappa shape index (κ3) is 3.32. The zero-order valence-electron chi connectivity index (χ0n) is 8.99. The van der Waals surface area contributed by atoms with Gasteiger partial charge in [-0.05, 0) is 25.3 Å². The van der Waals surface area contributed by atoms with Crippen molar-refractivity contribution in [3.63, 3.8) is 0 Å². The van der Waals surface area contributed by atoms with Gasteiger partial charge < -0.3 is 0 Å². The highest BCUT2D eigenvalue weighted by molar-refractivity contribution is 5.78. The fraction of sp³-hybridized carbons (Fsp3) is 0.636. The largest absolute Gasteiger partial charge is 0.300 e. The van der Waals surface area contributed by atoms with Gasteiger partial charge in [0.2, 0.25) is 0 Å². The van der Waals surface area contributed by atoms with Gasteiger partial charge in [0.1, 0.15) is 5.78 Å². The average Bonchev–Trinajstić information content (AvgIpc) is 2.63. The molecule has 0 amide bonds. The van der Waals surface area contributed by atoms with Gasteiger partial charge in [-0.25, -0.2) is 0 Å². The molecule has 0 aliphatic heterocycles. The molecule has 0 saturated carbocycles. The molecule has 1 aromatic heterocycles. The molecule has 78 valence electrons. The molecule has 0 spiro atoms. The first-order valence-electron chi connectivity index (χ1n) is 5.29. The van der Waals surface area contributed by atoms with E-state index in [1.807, 2.05) is 24.0 Å². The second-order valence-corrected chi connectivity index (χ2v) is 3.49. The maximum atomic E-state index is 11.3. The normalized spacial score (nSPS) is 10.4. The second kappa shape index (κ2) is 5.58. The number of Topliss-reactive ketones (excluding diaryl/α,β-unsaturated/α-hetero) is 1. The minimum absolute atomic E-state index is 0.358. The molecule has 1 heterocycles. The van der Waals surface area contributed by atoms with Crippen LogP contribution >= 0.6 is 0 Å². The van der Waals surface area contributed by atoms with Gasteiger partial charge >= 0.3 is 0 Å². The first-order chi connectivity index (χ1) is 6.76. The lowest BCUT2D eigenvalue weighted by Gasteiger charge is -1.96.